The average Bonchev–Trinajstić information content (AvgIpc) is 3.92. The number of ether oxygens (including phenoxy) is 9. The first-order valence-electron chi connectivity index (χ1n) is 17.4. The summed E-state index contributed by atoms with van der Waals surface area (Å²) < 4.78 is 49.8. The molecule has 8 aliphatic rings. The fraction of sp³-hybridized carbons (Fsp3) is 0.969. The summed E-state index contributed by atoms with van der Waals surface area (Å²) in [5.41, 5.74) is 0. The Kier molecular flexibility index (Phi) is 42.6. The van der Waals surface area contributed by atoms with Crippen molar-refractivity contribution in [2.45, 2.75) is 90.9 Å². The van der Waals surface area contributed by atoms with E-state index in [1.165, 1.54) is 64.2 Å². The maximum absolute atomic E-state index is 11.1. The predicted molar refractivity (Wildman–Crippen MR) is 179 cm³/mol. The topological polar surface area (TPSA) is 204 Å². The highest BCUT2D eigenvalue weighted by atomic mass is 31.2. The zero-order chi connectivity index (χ0) is 34.9. The Morgan fingerprint density at radius 1 is 0.468 bits per heavy atom. The lowest BCUT2D eigenvalue weighted by Gasteiger charge is -2.03. The SMILES string of the molecule is C1CO1.C1CO1.C1CO1.C1CO1.C1CO1.C1CO1.C1CO1.C1CO1.CCCCCCCCCCCCCC(=O)OCC.O=P(O)(O)O. The number of carbonyl (C=O) groups is 1. The van der Waals surface area contributed by atoms with Crippen LogP contribution in [0.3, 0.4) is 0 Å². The molecule has 0 bridgehead atoms. The Morgan fingerprint density at radius 2 is 0.660 bits per heavy atom. The molecule has 8 rings (SSSR count). The normalized spacial score (nSPS) is 17.6. The summed E-state index contributed by atoms with van der Waals surface area (Å²) in [5.74, 6) is -0.0339. The highest BCUT2D eigenvalue weighted by Crippen LogP contribution is 2.25. The molecule has 284 valence electrons. The maximum Gasteiger partial charge on any atom is 0.466 e. The van der Waals surface area contributed by atoms with Crippen molar-refractivity contribution in [1.29, 1.82) is 0 Å². The molecule has 15 heteroatoms. The molecule has 8 saturated heterocycles. The van der Waals surface area contributed by atoms with E-state index in [-0.39, 0.29) is 5.97 Å². The maximum atomic E-state index is 11.1. The number of hydrogen-bond acceptors (Lipinski definition) is 11. The largest absolute Gasteiger partial charge is 0.466 e. The Hall–Kier alpha value is -0.740. The molecule has 8 fully saturated rings. The van der Waals surface area contributed by atoms with E-state index in [9.17, 15) is 4.79 Å². The summed E-state index contributed by atoms with van der Waals surface area (Å²) in [6, 6.07) is 0. The zero-order valence-electron chi connectivity index (χ0n) is 29.3. The molecule has 0 unspecified atom stereocenters. The average molecular weight is 707 g/mol. The van der Waals surface area contributed by atoms with E-state index in [1.807, 2.05) is 6.92 Å². The van der Waals surface area contributed by atoms with Gasteiger partial charge in [0.25, 0.3) is 0 Å². The van der Waals surface area contributed by atoms with Crippen molar-refractivity contribution >= 4 is 13.8 Å². The van der Waals surface area contributed by atoms with Crippen LogP contribution in [0.2, 0.25) is 0 Å². The number of hydrogen-bond donors (Lipinski definition) is 3. The Morgan fingerprint density at radius 3 is 0.830 bits per heavy atom. The van der Waals surface area contributed by atoms with Crippen molar-refractivity contribution in [2.24, 2.45) is 0 Å². The number of unbranched alkanes of at least 4 members (excludes halogenated alkanes) is 10. The van der Waals surface area contributed by atoms with Crippen LogP contribution in [0.1, 0.15) is 90.9 Å². The van der Waals surface area contributed by atoms with Gasteiger partial charge in [-0.1, -0.05) is 71.1 Å². The number of rotatable bonds is 13. The highest BCUT2D eigenvalue weighted by Gasteiger charge is 2.01. The van der Waals surface area contributed by atoms with Crippen molar-refractivity contribution in [3.8, 4) is 0 Å². The molecule has 8 aliphatic heterocycles. The van der Waals surface area contributed by atoms with Gasteiger partial charge < -0.3 is 57.3 Å². The predicted octanol–water partition coefficient (Wildman–Crippen LogP) is 4.45. The van der Waals surface area contributed by atoms with Crippen molar-refractivity contribution in [3.05, 3.63) is 0 Å². The molecule has 0 amide bonds. The highest BCUT2D eigenvalue weighted by molar-refractivity contribution is 7.45. The summed E-state index contributed by atoms with van der Waals surface area (Å²) in [6.07, 6.45) is 15.1. The van der Waals surface area contributed by atoms with Crippen LogP contribution in [-0.4, -0.2) is 133 Å². The van der Waals surface area contributed by atoms with Gasteiger partial charge in [-0.3, -0.25) is 4.79 Å². The van der Waals surface area contributed by atoms with Crippen LogP contribution < -0.4 is 0 Å². The van der Waals surface area contributed by atoms with E-state index in [0.29, 0.717) is 13.0 Å². The fourth-order valence-electron chi connectivity index (χ4n) is 2.17. The van der Waals surface area contributed by atoms with Gasteiger partial charge in [-0.2, -0.15) is 0 Å². The van der Waals surface area contributed by atoms with Crippen molar-refractivity contribution in [2.75, 3.05) is 112 Å². The minimum absolute atomic E-state index is 0.0339. The van der Waals surface area contributed by atoms with E-state index in [0.717, 1.165) is 112 Å². The van der Waals surface area contributed by atoms with Crippen molar-refractivity contribution in [3.63, 3.8) is 0 Å². The molecule has 0 aromatic carbocycles. The molecule has 14 nitrogen and oxygen atoms in total. The summed E-state index contributed by atoms with van der Waals surface area (Å²) in [4.78, 5) is 32.6. The quantitative estimate of drug-likeness (QED) is 0.105. The van der Waals surface area contributed by atoms with Crippen LogP contribution in [0, 0.1) is 0 Å². The van der Waals surface area contributed by atoms with E-state index in [4.69, 9.17) is 24.0 Å². The lowest BCUT2D eigenvalue weighted by atomic mass is 10.1. The van der Waals surface area contributed by atoms with Crippen LogP contribution in [0.25, 0.3) is 0 Å². The third-order valence-electron chi connectivity index (χ3n) is 4.92. The second-order valence-corrected chi connectivity index (χ2v) is 11.5. The van der Waals surface area contributed by atoms with Gasteiger partial charge >= 0.3 is 13.8 Å². The standard InChI is InChI=1S/C16H32O2.8C2H4O.H3O4P/c1-3-5-6-7-8-9-10-11-12-13-14-15-16(17)18-4-2;8*1-2-3-1;1-5(2,3)4/h3-15H2,1-2H3;8*1-2H2;(H3,1,2,3,4). The second kappa shape index (κ2) is 41.4. The smallest absolute Gasteiger partial charge is 0.466 e. The van der Waals surface area contributed by atoms with E-state index >= 15 is 0 Å². The van der Waals surface area contributed by atoms with Gasteiger partial charge in [-0.25, -0.2) is 4.57 Å². The monoisotopic (exact) mass is 706 g/mol. The molecule has 0 saturated carbocycles. The van der Waals surface area contributed by atoms with Crippen LogP contribution >= 0.6 is 7.82 Å². The van der Waals surface area contributed by atoms with Gasteiger partial charge in [-0.15, -0.1) is 0 Å². The second-order valence-electron chi connectivity index (χ2n) is 10.5. The van der Waals surface area contributed by atoms with Gasteiger partial charge in [0.2, 0.25) is 0 Å². The molecule has 0 aromatic rings. The summed E-state index contributed by atoms with van der Waals surface area (Å²) in [7, 11) is -4.64. The molecule has 0 aliphatic carbocycles. The van der Waals surface area contributed by atoms with Crippen LogP contribution in [0.15, 0.2) is 0 Å². The van der Waals surface area contributed by atoms with E-state index < -0.39 is 7.82 Å². The van der Waals surface area contributed by atoms with E-state index in [1.54, 1.807) is 0 Å². The van der Waals surface area contributed by atoms with Gasteiger partial charge in [0.1, 0.15) is 0 Å². The number of phosphoric acid groups is 1. The molecular weight excluding hydrogens is 639 g/mol. The lowest BCUT2D eigenvalue weighted by molar-refractivity contribution is -0.143. The first-order chi connectivity index (χ1) is 22.8. The number of esters is 1. The summed E-state index contributed by atoms with van der Waals surface area (Å²) >= 11 is 0. The first-order valence-corrected chi connectivity index (χ1v) is 18.9. The third kappa shape index (κ3) is 157. The molecule has 8 heterocycles. The molecule has 0 spiro atoms. The molecule has 3 N–H and O–H groups in total. The number of carbonyl (C=O) groups excluding carboxylic acids is 1. The van der Waals surface area contributed by atoms with Crippen LogP contribution in [-0.2, 0) is 52.0 Å². The minimum Gasteiger partial charge on any atom is -0.466 e. The van der Waals surface area contributed by atoms with Crippen molar-refractivity contribution in [1.82, 2.24) is 0 Å². The van der Waals surface area contributed by atoms with Gasteiger partial charge in [-0.05, 0) is 13.3 Å². The summed E-state index contributed by atoms with van der Waals surface area (Å²) in [6.45, 7) is 20.6. The van der Waals surface area contributed by atoms with Gasteiger partial charge in [0.05, 0.1) is 112 Å². The molecular formula is C32H67O14P. The first kappa shape index (κ1) is 48.4. The Labute approximate surface area is 283 Å². The van der Waals surface area contributed by atoms with E-state index in [2.05, 4.69) is 44.8 Å². The Bertz CT molecular complexity index is 535. The molecule has 0 atom stereocenters. The minimum atomic E-state index is -4.64. The molecule has 0 aromatic heterocycles. The van der Waals surface area contributed by atoms with Gasteiger partial charge in [0, 0.05) is 6.42 Å². The molecule has 0 radical (unpaired) electrons. The van der Waals surface area contributed by atoms with Crippen LogP contribution in [0.5, 0.6) is 0 Å². The van der Waals surface area contributed by atoms with Crippen molar-refractivity contribution < 1.29 is 66.7 Å². The Balaban J connectivity index is 0. The lowest BCUT2D eigenvalue weighted by Crippen LogP contribution is -2.03. The third-order valence-corrected chi connectivity index (χ3v) is 4.92. The summed E-state index contributed by atoms with van der Waals surface area (Å²) in [5, 5.41) is 0. The zero-order valence-corrected chi connectivity index (χ0v) is 30.2. The molecule has 47 heavy (non-hydrogen) atoms. The fourth-order valence-corrected chi connectivity index (χ4v) is 2.17. The number of epoxide rings is 8. The van der Waals surface area contributed by atoms with Crippen LogP contribution in [0.4, 0.5) is 0 Å². The van der Waals surface area contributed by atoms with Gasteiger partial charge in [0.15, 0.2) is 0 Å².